The first-order valence-electron chi connectivity index (χ1n) is 21.8. The Balaban J connectivity index is 1.00. The summed E-state index contributed by atoms with van der Waals surface area (Å²) in [6.45, 7) is 4.73. The summed E-state index contributed by atoms with van der Waals surface area (Å²) in [5.74, 6) is 0.702. The van der Waals surface area contributed by atoms with Gasteiger partial charge in [-0.1, -0.05) is 208 Å². The van der Waals surface area contributed by atoms with Gasteiger partial charge in [0.15, 0.2) is 5.82 Å². The van der Waals surface area contributed by atoms with Crippen molar-refractivity contribution in [1.82, 2.24) is 9.97 Å². The van der Waals surface area contributed by atoms with Gasteiger partial charge in [0.1, 0.15) is 0 Å². The molecule has 12 rings (SSSR count). The Morgan fingerprint density at radius 2 is 0.762 bits per heavy atom. The lowest BCUT2D eigenvalue weighted by molar-refractivity contribution is 0.661. The van der Waals surface area contributed by atoms with E-state index in [1.165, 1.54) is 71.4 Å². The molecular formula is C61H42N2. The van der Waals surface area contributed by atoms with Crippen LogP contribution in [0.15, 0.2) is 218 Å². The van der Waals surface area contributed by atoms with Crippen LogP contribution in [0, 0.1) is 0 Å². The zero-order valence-corrected chi connectivity index (χ0v) is 35.2. The van der Waals surface area contributed by atoms with Gasteiger partial charge in [-0.15, -0.1) is 0 Å². The zero-order valence-electron chi connectivity index (χ0n) is 35.2. The summed E-state index contributed by atoms with van der Waals surface area (Å²) in [6, 6.07) is 79.1. The van der Waals surface area contributed by atoms with Crippen molar-refractivity contribution in [2.24, 2.45) is 0 Å². The van der Waals surface area contributed by atoms with Crippen molar-refractivity contribution in [3.05, 3.63) is 230 Å². The molecule has 0 N–H and O–H groups in total. The molecule has 296 valence electrons. The van der Waals surface area contributed by atoms with E-state index in [4.69, 9.17) is 9.97 Å². The predicted molar refractivity (Wildman–Crippen MR) is 265 cm³/mol. The molecule has 0 amide bonds. The average Bonchev–Trinajstić information content (AvgIpc) is 3.57. The number of aromatic nitrogens is 2. The van der Waals surface area contributed by atoms with Crippen LogP contribution >= 0.6 is 0 Å². The fraction of sp³-hybridized carbons (Fsp3) is 0.0492. The fourth-order valence-corrected chi connectivity index (χ4v) is 10.2. The van der Waals surface area contributed by atoms with Crippen LogP contribution in [0.1, 0.15) is 25.0 Å². The van der Waals surface area contributed by atoms with Gasteiger partial charge in [-0.2, -0.15) is 0 Å². The Kier molecular flexibility index (Phi) is 8.55. The molecule has 10 aromatic carbocycles. The van der Waals surface area contributed by atoms with Gasteiger partial charge in [0.2, 0.25) is 0 Å². The summed E-state index contributed by atoms with van der Waals surface area (Å²) in [6.07, 6.45) is 0. The number of hydrogen-bond donors (Lipinski definition) is 0. The molecular weight excluding hydrogens is 761 g/mol. The number of nitrogens with zero attached hydrogens (tertiary/aromatic N) is 2. The molecule has 1 aromatic heterocycles. The molecule has 0 atom stereocenters. The molecule has 0 aliphatic heterocycles. The van der Waals surface area contributed by atoms with E-state index in [0.717, 1.165) is 44.6 Å². The van der Waals surface area contributed by atoms with Crippen molar-refractivity contribution < 1.29 is 0 Å². The van der Waals surface area contributed by atoms with Crippen molar-refractivity contribution in [2.45, 2.75) is 19.3 Å². The van der Waals surface area contributed by atoms with Gasteiger partial charge in [-0.3, -0.25) is 0 Å². The Labute approximate surface area is 367 Å². The third-order valence-electron chi connectivity index (χ3n) is 13.3. The van der Waals surface area contributed by atoms with Crippen LogP contribution in [0.25, 0.3) is 111 Å². The van der Waals surface area contributed by atoms with Gasteiger partial charge in [0, 0.05) is 22.1 Å². The molecule has 1 heterocycles. The highest BCUT2D eigenvalue weighted by Crippen LogP contribution is 2.51. The van der Waals surface area contributed by atoms with Crippen molar-refractivity contribution in [3.63, 3.8) is 0 Å². The average molecular weight is 803 g/mol. The summed E-state index contributed by atoms with van der Waals surface area (Å²) >= 11 is 0. The summed E-state index contributed by atoms with van der Waals surface area (Å²) < 4.78 is 0. The van der Waals surface area contributed by atoms with Gasteiger partial charge in [0.05, 0.1) is 11.4 Å². The molecule has 0 radical (unpaired) electrons. The number of rotatable bonds is 6. The van der Waals surface area contributed by atoms with E-state index < -0.39 is 0 Å². The van der Waals surface area contributed by atoms with Gasteiger partial charge in [0.25, 0.3) is 0 Å². The Morgan fingerprint density at radius 1 is 0.286 bits per heavy atom. The standard InChI is InChI=1S/C61H42N2/c1-61(2)56-34-29-43(36-54(56)55-35-41-21-9-10-22-42(41)37-57(55)61)45-30-31-50(47-25-13-12-24-46(45)47)51-32-33-53(49-27-15-14-26-48(49)51)59-38-58(62-60(63-59)40-19-7-4-8-20-40)52-28-16-11-23-44(52)39-17-5-3-6-18-39/h3-38H,1-2H3. The molecule has 2 nitrogen and oxygen atoms in total. The van der Waals surface area contributed by atoms with Crippen molar-refractivity contribution in [3.8, 4) is 78.4 Å². The van der Waals surface area contributed by atoms with Gasteiger partial charge in [-0.05, 0) is 112 Å². The lowest BCUT2D eigenvalue weighted by Crippen LogP contribution is -2.14. The maximum Gasteiger partial charge on any atom is 0.160 e. The van der Waals surface area contributed by atoms with Gasteiger partial charge in [-0.25, -0.2) is 9.97 Å². The molecule has 1 aliphatic carbocycles. The first-order chi connectivity index (χ1) is 31.0. The van der Waals surface area contributed by atoms with E-state index in [2.05, 4.69) is 226 Å². The smallest absolute Gasteiger partial charge is 0.160 e. The summed E-state index contributed by atoms with van der Waals surface area (Å²) in [4.78, 5) is 10.5. The minimum Gasteiger partial charge on any atom is -0.228 e. The molecule has 1 aliphatic rings. The predicted octanol–water partition coefficient (Wildman–Crippen LogP) is 16.2. The lowest BCUT2D eigenvalue weighted by atomic mass is 9.81. The maximum atomic E-state index is 5.30. The van der Waals surface area contributed by atoms with Gasteiger partial charge >= 0.3 is 0 Å². The van der Waals surface area contributed by atoms with E-state index in [1.807, 2.05) is 6.07 Å². The monoisotopic (exact) mass is 802 g/mol. The van der Waals surface area contributed by atoms with Crippen molar-refractivity contribution in [1.29, 1.82) is 0 Å². The Bertz CT molecular complexity index is 3580. The molecule has 0 spiro atoms. The largest absolute Gasteiger partial charge is 0.228 e. The van der Waals surface area contributed by atoms with E-state index >= 15 is 0 Å². The van der Waals surface area contributed by atoms with E-state index in [0.29, 0.717) is 5.82 Å². The molecule has 63 heavy (non-hydrogen) atoms. The summed E-state index contributed by atoms with van der Waals surface area (Å²) in [7, 11) is 0. The van der Waals surface area contributed by atoms with Crippen LogP contribution in [0.3, 0.4) is 0 Å². The molecule has 0 bridgehead atoms. The second-order valence-electron chi connectivity index (χ2n) is 17.3. The van der Waals surface area contributed by atoms with Crippen molar-refractivity contribution >= 4 is 32.3 Å². The second-order valence-corrected chi connectivity index (χ2v) is 17.3. The topological polar surface area (TPSA) is 25.8 Å². The van der Waals surface area contributed by atoms with Crippen LogP contribution in [0.4, 0.5) is 0 Å². The van der Waals surface area contributed by atoms with E-state index in [9.17, 15) is 0 Å². The zero-order chi connectivity index (χ0) is 42.1. The van der Waals surface area contributed by atoms with Crippen LogP contribution in [0.5, 0.6) is 0 Å². The van der Waals surface area contributed by atoms with Crippen LogP contribution < -0.4 is 0 Å². The minimum atomic E-state index is -0.0739. The minimum absolute atomic E-state index is 0.0739. The summed E-state index contributed by atoms with van der Waals surface area (Å²) in [5, 5.41) is 7.38. The van der Waals surface area contributed by atoms with E-state index in [-0.39, 0.29) is 5.41 Å². The number of benzene rings is 10. The van der Waals surface area contributed by atoms with E-state index in [1.54, 1.807) is 0 Å². The number of fused-ring (bicyclic) bond motifs is 6. The van der Waals surface area contributed by atoms with Crippen LogP contribution in [-0.2, 0) is 5.41 Å². The summed E-state index contributed by atoms with van der Waals surface area (Å²) in [5.41, 5.74) is 17.5. The highest BCUT2D eigenvalue weighted by Gasteiger charge is 2.36. The SMILES string of the molecule is CC1(C)c2ccc(-c3ccc(-c4ccc(-c5cc(-c6ccccc6-c6ccccc6)nc(-c6ccccc6)n5)c5ccccc45)c4ccccc34)cc2-c2cc3ccccc3cc21. The molecule has 0 unspecified atom stereocenters. The fourth-order valence-electron chi connectivity index (χ4n) is 10.2. The molecule has 0 saturated heterocycles. The van der Waals surface area contributed by atoms with Crippen molar-refractivity contribution in [2.75, 3.05) is 0 Å². The Hall–Kier alpha value is -7.94. The first-order valence-corrected chi connectivity index (χ1v) is 21.8. The highest BCUT2D eigenvalue weighted by atomic mass is 14.9. The van der Waals surface area contributed by atoms with Gasteiger partial charge < -0.3 is 0 Å². The lowest BCUT2D eigenvalue weighted by Gasteiger charge is -2.22. The molecule has 2 heteroatoms. The highest BCUT2D eigenvalue weighted by molar-refractivity contribution is 6.12. The molecule has 0 fully saturated rings. The Morgan fingerprint density at radius 3 is 1.43 bits per heavy atom. The first kappa shape index (κ1) is 36.9. The second kappa shape index (κ2) is 14.6. The third kappa shape index (κ3) is 6.09. The molecule has 0 saturated carbocycles. The van der Waals surface area contributed by atoms with Crippen LogP contribution in [0.2, 0.25) is 0 Å². The number of hydrogen-bond acceptors (Lipinski definition) is 2. The maximum absolute atomic E-state index is 5.30. The van der Waals surface area contributed by atoms with Crippen LogP contribution in [-0.4, -0.2) is 9.97 Å². The normalized spacial score (nSPS) is 12.7. The quantitative estimate of drug-likeness (QED) is 0.167. The molecule has 11 aromatic rings. The third-order valence-corrected chi connectivity index (χ3v) is 13.3.